The number of aliphatic carboxylic acids is 1. The van der Waals surface area contributed by atoms with E-state index in [1.807, 2.05) is 36.4 Å². The Morgan fingerprint density at radius 1 is 0.972 bits per heavy atom. The van der Waals surface area contributed by atoms with Gasteiger partial charge in [0.05, 0.1) is 23.7 Å². The number of hydrogen-bond acceptors (Lipinski definition) is 3. The van der Waals surface area contributed by atoms with E-state index in [9.17, 15) is 14.7 Å². The van der Waals surface area contributed by atoms with Crippen molar-refractivity contribution < 1.29 is 19.1 Å². The first-order valence-corrected chi connectivity index (χ1v) is 11.7. The van der Waals surface area contributed by atoms with Crippen LogP contribution in [-0.4, -0.2) is 27.9 Å². The SMILES string of the molecule is [C-]#[N+]c1cccc(-c2ccc(CN(C(=O)c3ccc(Cl)cc3Cl)[C@@H](Cc3ccccc3)C(=O)O)o2)c1. The van der Waals surface area contributed by atoms with E-state index in [2.05, 4.69) is 4.85 Å². The van der Waals surface area contributed by atoms with Gasteiger partial charge in [0.15, 0.2) is 5.69 Å². The quantitative estimate of drug-likeness (QED) is 0.251. The average molecular weight is 519 g/mol. The molecule has 0 aliphatic heterocycles. The second kappa shape index (κ2) is 11.1. The molecule has 4 aromatic rings. The minimum absolute atomic E-state index is 0.0910. The molecular weight excluding hydrogens is 499 g/mol. The van der Waals surface area contributed by atoms with E-state index in [0.717, 1.165) is 5.56 Å². The van der Waals surface area contributed by atoms with Gasteiger partial charge in [-0.3, -0.25) is 4.79 Å². The minimum Gasteiger partial charge on any atom is -0.480 e. The maximum Gasteiger partial charge on any atom is 0.326 e. The number of carboxylic acids is 1. The fraction of sp³-hybridized carbons (Fsp3) is 0.107. The zero-order valence-electron chi connectivity index (χ0n) is 18.9. The molecule has 0 saturated carbocycles. The third kappa shape index (κ3) is 5.77. The number of benzene rings is 3. The Bertz CT molecular complexity index is 1440. The Kier molecular flexibility index (Phi) is 7.74. The smallest absolute Gasteiger partial charge is 0.326 e. The minimum atomic E-state index is -1.19. The van der Waals surface area contributed by atoms with Crippen molar-refractivity contribution >= 4 is 40.8 Å². The molecule has 180 valence electrons. The van der Waals surface area contributed by atoms with Crippen LogP contribution in [0.25, 0.3) is 16.2 Å². The summed E-state index contributed by atoms with van der Waals surface area (Å²) in [4.78, 5) is 30.7. The van der Waals surface area contributed by atoms with E-state index >= 15 is 0 Å². The monoisotopic (exact) mass is 518 g/mol. The molecule has 1 atom stereocenters. The van der Waals surface area contributed by atoms with Crippen LogP contribution in [0.4, 0.5) is 5.69 Å². The number of carbonyl (C=O) groups excluding carboxylic acids is 1. The second-order valence-electron chi connectivity index (χ2n) is 8.03. The number of halogens is 2. The summed E-state index contributed by atoms with van der Waals surface area (Å²) in [7, 11) is 0. The lowest BCUT2D eigenvalue weighted by molar-refractivity contribution is -0.142. The molecule has 8 heteroatoms. The molecule has 0 saturated heterocycles. The van der Waals surface area contributed by atoms with E-state index in [4.69, 9.17) is 34.2 Å². The van der Waals surface area contributed by atoms with Gasteiger partial charge in [-0.05, 0) is 42.0 Å². The highest BCUT2D eigenvalue weighted by molar-refractivity contribution is 6.36. The first-order chi connectivity index (χ1) is 17.4. The third-order valence-electron chi connectivity index (χ3n) is 5.60. The molecule has 4 rings (SSSR count). The first-order valence-electron chi connectivity index (χ1n) is 10.9. The van der Waals surface area contributed by atoms with E-state index in [-0.39, 0.29) is 23.6 Å². The Hall–Kier alpha value is -4.05. The van der Waals surface area contributed by atoms with Crippen LogP contribution in [-0.2, 0) is 17.8 Å². The maximum atomic E-state index is 13.6. The van der Waals surface area contributed by atoms with E-state index in [1.165, 1.54) is 23.1 Å². The summed E-state index contributed by atoms with van der Waals surface area (Å²) in [5.41, 5.74) is 2.07. The largest absolute Gasteiger partial charge is 0.480 e. The van der Waals surface area contributed by atoms with E-state index < -0.39 is 17.9 Å². The van der Waals surface area contributed by atoms with Crippen molar-refractivity contribution in [3.8, 4) is 11.3 Å². The van der Waals surface area contributed by atoms with Gasteiger partial charge >= 0.3 is 5.97 Å². The normalized spacial score (nSPS) is 11.5. The Balaban J connectivity index is 1.71. The van der Waals surface area contributed by atoms with Crippen molar-refractivity contribution in [1.29, 1.82) is 0 Å². The van der Waals surface area contributed by atoms with Gasteiger partial charge in [0, 0.05) is 17.0 Å². The molecule has 3 aromatic carbocycles. The maximum absolute atomic E-state index is 13.6. The van der Waals surface area contributed by atoms with Crippen LogP contribution in [0, 0.1) is 6.57 Å². The first kappa shape index (κ1) is 25.1. The molecule has 0 radical (unpaired) electrons. The van der Waals surface area contributed by atoms with Gasteiger partial charge in [-0.2, -0.15) is 0 Å². The van der Waals surface area contributed by atoms with Crippen LogP contribution in [0.5, 0.6) is 0 Å². The average Bonchev–Trinajstić information content (AvgIpc) is 3.35. The predicted octanol–water partition coefficient (Wildman–Crippen LogP) is 7.14. The molecule has 1 amide bonds. The van der Waals surface area contributed by atoms with Crippen molar-refractivity contribution in [3.05, 3.63) is 123 Å². The molecule has 0 aliphatic carbocycles. The fourth-order valence-corrected chi connectivity index (χ4v) is 4.31. The van der Waals surface area contributed by atoms with Crippen molar-refractivity contribution in [2.75, 3.05) is 0 Å². The van der Waals surface area contributed by atoms with Gasteiger partial charge in [-0.1, -0.05) is 71.7 Å². The Morgan fingerprint density at radius 2 is 1.75 bits per heavy atom. The number of furan rings is 1. The zero-order chi connectivity index (χ0) is 25.7. The standard InChI is InChI=1S/C28H20Cl2N2O4/c1-31-21-9-5-8-19(15-21)26-13-11-22(36-26)17-32(27(33)23-12-10-20(29)16-24(23)30)25(28(34)35)14-18-6-3-2-4-7-18/h2-13,15-16,25H,14,17H2,(H,34,35)/t25-/m0/s1. The molecule has 6 nitrogen and oxygen atoms in total. The number of hydrogen-bond donors (Lipinski definition) is 1. The van der Waals surface area contributed by atoms with Gasteiger partial charge in [-0.15, -0.1) is 0 Å². The van der Waals surface area contributed by atoms with Crippen LogP contribution in [0.1, 0.15) is 21.7 Å². The molecular formula is C28H20Cl2N2O4. The summed E-state index contributed by atoms with van der Waals surface area (Å²) in [5.74, 6) is -0.833. The molecule has 0 spiro atoms. The van der Waals surface area contributed by atoms with E-state index in [0.29, 0.717) is 27.8 Å². The van der Waals surface area contributed by atoms with Crippen molar-refractivity contribution in [3.63, 3.8) is 0 Å². The zero-order valence-corrected chi connectivity index (χ0v) is 20.4. The molecule has 1 heterocycles. The topological polar surface area (TPSA) is 75.1 Å². The summed E-state index contributed by atoms with van der Waals surface area (Å²) in [6, 6.07) is 22.7. The molecule has 1 aromatic heterocycles. The van der Waals surface area contributed by atoms with Crippen molar-refractivity contribution in [2.45, 2.75) is 19.0 Å². The second-order valence-corrected chi connectivity index (χ2v) is 8.87. The van der Waals surface area contributed by atoms with Crippen LogP contribution in [0.3, 0.4) is 0 Å². The lowest BCUT2D eigenvalue weighted by Gasteiger charge is -2.29. The van der Waals surface area contributed by atoms with Gasteiger partial charge < -0.3 is 14.4 Å². The summed E-state index contributed by atoms with van der Waals surface area (Å²) in [6.07, 6.45) is 0.0910. The molecule has 0 fully saturated rings. The molecule has 0 bridgehead atoms. The van der Waals surface area contributed by atoms with Crippen LogP contribution in [0.15, 0.2) is 89.3 Å². The summed E-state index contributed by atoms with van der Waals surface area (Å²) in [6.45, 7) is 7.11. The third-order valence-corrected chi connectivity index (χ3v) is 6.15. The Labute approximate surface area is 218 Å². The van der Waals surface area contributed by atoms with Gasteiger partial charge in [0.2, 0.25) is 0 Å². The number of carboxylic acid groups (broad SMARTS) is 1. The molecule has 1 N–H and O–H groups in total. The van der Waals surface area contributed by atoms with Crippen LogP contribution < -0.4 is 0 Å². The molecule has 0 aliphatic rings. The number of carbonyl (C=O) groups is 2. The number of nitrogens with zero attached hydrogens (tertiary/aromatic N) is 2. The molecule has 36 heavy (non-hydrogen) atoms. The fourth-order valence-electron chi connectivity index (χ4n) is 3.82. The highest BCUT2D eigenvalue weighted by atomic mass is 35.5. The van der Waals surface area contributed by atoms with E-state index in [1.54, 1.807) is 30.3 Å². The van der Waals surface area contributed by atoms with Gasteiger partial charge in [0.1, 0.15) is 17.6 Å². The highest BCUT2D eigenvalue weighted by Gasteiger charge is 2.32. The lowest BCUT2D eigenvalue weighted by atomic mass is 10.0. The lowest BCUT2D eigenvalue weighted by Crippen LogP contribution is -2.46. The number of rotatable bonds is 8. The highest BCUT2D eigenvalue weighted by Crippen LogP contribution is 2.29. The van der Waals surface area contributed by atoms with Gasteiger partial charge in [0.25, 0.3) is 5.91 Å². The van der Waals surface area contributed by atoms with Gasteiger partial charge in [-0.25, -0.2) is 9.64 Å². The van der Waals surface area contributed by atoms with Crippen LogP contribution in [0.2, 0.25) is 10.0 Å². The molecule has 0 unspecified atom stereocenters. The summed E-state index contributed by atoms with van der Waals surface area (Å²) < 4.78 is 5.97. The van der Waals surface area contributed by atoms with Crippen molar-refractivity contribution in [1.82, 2.24) is 4.90 Å². The number of amides is 1. The van der Waals surface area contributed by atoms with Crippen molar-refractivity contribution in [2.24, 2.45) is 0 Å². The predicted molar refractivity (Wildman–Crippen MR) is 138 cm³/mol. The summed E-state index contributed by atoms with van der Waals surface area (Å²) in [5, 5.41) is 10.6. The van der Waals surface area contributed by atoms with Crippen LogP contribution >= 0.6 is 23.2 Å². The Morgan fingerprint density at radius 3 is 2.44 bits per heavy atom. The summed E-state index contributed by atoms with van der Waals surface area (Å²) >= 11 is 12.3.